The minimum atomic E-state index is -0.452. The highest BCUT2D eigenvalue weighted by Crippen LogP contribution is 2.46. The highest BCUT2D eigenvalue weighted by molar-refractivity contribution is 6.17. The van der Waals surface area contributed by atoms with Gasteiger partial charge in [0.2, 0.25) is 0 Å². The molecule has 0 saturated carbocycles. The van der Waals surface area contributed by atoms with Gasteiger partial charge in [0.1, 0.15) is 0 Å². The van der Waals surface area contributed by atoms with Crippen molar-refractivity contribution >= 4 is 38.9 Å². The molecule has 0 aliphatic rings. The number of fused-ring (bicyclic) bond motifs is 3. The largest absolute Gasteiger partial charge is 0.310 e. The molecule has 9 aromatic carbocycles. The van der Waals surface area contributed by atoms with Crippen LogP contribution in [0.15, 0.2) is 230 Å². The number of hydrogen-bond acceptors (Lipinski definition) is 1. The average molecular weight is 725 g/mol. The molecule has 0 aliphatic carbocycles. The van der Waals surface area contributed by atoms with E-state index in [2.05, 4.69) is 76.2 Å². The van der Waals surface area contributed by atoms with E-state index in [4.69, 9.17) is 13.7 Å². The minimum absolute atomic E-state index is 0.108. The zero-order chi connectivity index (χ0) is 46.0. The fourth-order valence-corrected chi connectivity index (χ4v) is 7.64. The summed E-state index contributed by atoms with van der Waals surface area (Å²) in [7, 11) is 0. The van der Waals surface area contributed by atoms with Crippen LogP contribution in [-0.2, 0) is 0 Å². The quantitative estimate of drug-likeness (QED) is 0.151. The highest BCUT2D eigenvalue weighted by atomic mass is 15.1. The number of benzene rings is 9. The van der Waals surface area contributed by atoms with E-state index in [0.717, 1.165) is 61.1 Å². The van der Waals surface area contributed by atoms with Gasteiger partial charge in [-0.25, -0.2) is 0 Å². The van der Waals surface area contributed by atoms with Crippen LogP contribution in [0.1, 0.15) is 13.7 Å². The van der Waals surface area contributed by atoms with E-state index in [1.54, 1.807) is 18.2 Å². The van der Waals surface area contributed by atoms with E-state index in [1.807, 2.05) is 84.9 Å². The summed E-state index contributed by atoms with van der Waals surface area (Å²) in [6.45, 7) is 0. The number of hydrogen-bond donors (Lipinski definition) is 0. The number of nitrogens with zero attached hydrogens (tertiary/aromatic N) is 2. The Morgan fingerprint density at radius 3 is 1.66 bits per heavy atom. The number of rotatable bonds is 8. The Morgan fingerprint density at radius 2 is 0.929 bits per heavy atom. The normalized spacial score (nSPS) is 13.7. The lowest BCUT2D eigenvalue weighted by Crippen LogP contribution is -2.11. The van der Waals surface area contributed by atoms with Crippen LogP contribution in [0.2, 0.25) is 0 Å². The van der Waals surface area contributed by atoms with Crippen molar-refractivity contribution in [2.75, 3.05) is 4.90 Å². The van der Waals surface area contributed by atoms with E-state index >= 15 is 0 Å². The number of para-hydroxylation sites is 3. The minimum Gasteiger partial charge on any atom is -0.310 e. The summed E-state index contributed by atoms with van der Waals surface area (Å²) in [5.74, 6) is 0. The first-order valence-electron chi connectivity index (χ1n) is 23.4. The first-order chi connectivity index (χ1) is 31.9. The maximum Gasteiger partial charge on any atom is 0.0629 e. The van der Waals surface area contributed by atoms with Crippen LogP contribution in [0.25, 0.3) is 72.0 Å². The Bertz CT molecular complexity index is 3470. The van der Waals surface area contributed by atoms with E-state index in [9.17, 15) is 0 Å². The standard InChI is InChI=1S/C54H38N2/c1-4-16-39(17-5-1)41-30-32-42(33-31-41)43-34-36-46(37-35-43)55(47-23-14-20-44(38-47)40-18-6-2-7-19-40)51-27-12-10-24-48(51)49-26-15-29-53-54(49)50-25-11-13-28-52(50)56(53)45-21-8-3-9-22-45/h1-38H/i1D,2D,4D,5D,6D,7D,16D,17D,18D,19D. The summed E-state index contributed by atoms with van der Waals surface area (Å²) in [5.41, 5.74) is 10.4. The Morgan fingerprint density at radius 1 is 0.375 bits per heavy atom. The summed E-state index contributed by atoms with van der Waals surface area (Å²) < 4.78 is 86.2. The zero-order valence-electron chi connectivity index (χ0n) is 40.1. The van der Waals surface area contributed by atoms with Crippen LogP contribution in [0.4, 0.5) is 17.1 Å². The monoisotopic (exact) mass is 724 g/mol. The smallest absolute Gasteiger partial charge is 0.0629 e. The van der Waals surface area contributed by atoms with E-state index < -0.39 is 24.2 Å². The second-order valence-electron chi connectivity index (χ2n) is 13.4. The van der Waals surface area contributed by atoms with Gasteiger partial charge in [-0.3, -0.25) is 0 Å². The molecular formula is C54H38N2. The van der Waals surface area contributed by atoms with Gasteiger partial charge in [-0.15, -0.1) is 0 Å². The van der Waals surface area contributed by atoms with Gasteiger partial charge in [0, 0.05) is 33.4 Å². The van der Waals surface area contributed by atoms with Gasteiger partial charge in [0.25, 0.3) is 0 Å². The third kappa shape index (κ3) is 6.04. The van der Waals surface area contributed by atoms with Crippen LogP contribution < -0.4 is 4.90 Å². The highest BCUT2D eigenvalue weighted by Gasteiger charge is 2.21. The molecule has 1 heterocycles. The van der Waals surface area contributed by atoms with Crippen molar-refractivity contribution in [2.24, 2.45) is 0 Å². The third-order valence-electron chi connectivity index (χ3n) is 10.2. The molecule has 0 saturated heterocycles. The molecule has 0 radical (unpaired) electrons. The Kier molecular flexibility index (Phi) is 6.21. The fraction of sp³-hybridized carbons (Fsp3) is 0. The number of anilines is 3. The van der Waals surface area contributed by atoms with Crippen molar-refractivity contribution in [2.45, 2.75) is 0 Å². The van der Waals surface area contributed by atoms with Gasteiger partial charge >= 0.3 is 0 Å². The van der Waals surface area contributed by atoms with Crippen molar-refractivity contribution in [3.63, 3.8) is 0 Å². The Balaban J connectivity index is 1.14. The molecule has 0 unspecified atom stereocenters. The molecule has 0 atom stereocenters. The molecule has 0 fully saturated rings. The van der Waals surface area contributed by atoms with Gasteiger partial charge in [0.15, 0.2) is 0 Å². The molecule has 264 valence electrons. The predicted octanol–water partition coefficient (Wildman–Crippen LogP) is 14.9. The lowest BCUT2D eigenvalue weighted by molar-refractivity contribution is 1.18. The van der Waals surface area contributed by atoms with Gasteiger partial charge in [0.05, 0.1) is 30.4 Å². The fourth-order valence-electron chi connectivity index (χ4n) is 7.64. The molecule has 56 heavy (non-hydrogen) atoms. The molecule has 0 N–H and O–H groups in total. The third-order valence-corrected chi connectivity index (χ3v) is 10.2. The van der Waals surface area contributed by atoms with Crippen molar-refractivity contribution in [3.05, 3.63) is 230 Å². The predicted molar refractivity (Wildman–Crippen MR) is 237 cm³/mol. The van der Waals surface area contributed by atoms with Crippen molar-refractivity contribution in [1.29, 1.82) is 0 Å². The Labute approximate surface area is 341 Å². The molecule has 0 spiro atoms. The summed E-state index contributed by atoms with van der Waals surface area (Å²) in [6, 6.07) is 52.4. The molecule has 2 heteroatoms. The maximum absolute atomic E-state index is 8.82. The van der Waals surface area contributed by atoms with Crippen molar-refractivity contribution in [1.82, 2.24) is 4.57 Å². The van der Waals surface area contributed by atoms with Crippen LogP contribution in [-0.4, -0.2) is 4.57 Å². The Hall–Kier alpha value is -7.42. The lowest BCUT2D eigenvalue weighted by atomic mass is 9.96. The molecular weight excluding hydrogens is 677 g/mol. The van der Waals surface area contributed by atoms with Crippen LogP contribution in [0.3, 0.4) is 0 Å². The zero-order valence-corrected chi connectivity index (χ0v) is 30.1. The van der Waals surface area contributed by atoms with E-state index in [-0.39, 0.29) is 47.4 Å². The molecule has 1 aromatic heterocycles. The summed E-state index contributed by atoms with van der Waals surface area (Å²) in [6.07, 6.45) is 0. The first kappa shape index (κ1) is 24.1. The van der Waals surface area contributed by atoms with Crippen LogP contribution >= 0.6 is 0 Å². The summed E-state index contributed by atoms with van der Waals surface area (Å²) in [5, 5.41) is 2.18. The maximum atomic E-state index is 8.82. The van der Waals surface area contributed by atoms with Gasteiger partial charge in [-0.1, -0.05) is 176 Å². The van der Waals surface area contributed by atoms with Gasteiger partial charge < -0.3 is 9.47 Å². The van der Waals surface area contributed by atoms with E-state index in [1.165, 1.54) is 0 Å². The first-order valence-corrected chi connectivity index (χ1v) is 18.4. The summed E-state index contributed by atoms with van der Waals surface area (Å²) >= 11 is 0. The van der Waals surface area contributed by atoms with Crippen molar-refractivity contribution < 1.29 is 13.7 Å². The molecule has 0 amide bonds. The topological polar surface area (TPSA) is 8.17 Å². The molecule has 0 bridgehead atoms. The van der Waals surface area contributed by atoms with E-state index in [0.29, 0.717) is 16.8 Å². The van der Waals surface area contributed by atoms with Crippen LogP contribution in [0, 0.1) is 0 Å². The molecule has 0 aliphatic heterocycles. The SMILES string of the molecule is [2H]c1c([2H])c([2H])c(-c2ccc(-c3ccc(N(c4cccc(-c5c([2H])c([2H])c([2H])c([2H])c5[2H])c4)c4ccccc4-c4cccc5c4c4ccccc4n5-c4ccccc4)cc3)cc2)c([2H])c1[2H]. The number of aromatic nitrogens is 1. The lowest BCUT2D eigenvalue weighted by Gasteiger charge is -2.28. The van der Waals surface area contributed by atoms with Gasteiger partial charge in [-0.2, -0.15) is 0 Å². The second kappa shape index (κ2) is 14.4. The average Bonchev–Trinajstić information content (AvgIpc) is 3.70. The van der Waals surface area contributed by atoms with Gasteiger partial charge in [-0.05, 0) is 93.5 Å². The van der Waals surface area contributed by atoms with Crippen molar-refractivity contribution in [3.8, 4) is 50.2 Å². The molecule has 10 aromatic rings. The molecule has 2 nitrogen and oxygen atoms in total. The second-order valence-corrected chi connectivity index (χ2v) is 13.4. The van der Waals surface area contributed by atoms with Crippen LogP contribution in [0.5, 0.6) is 0 Å². The molecule has 10 rings (SSSR count). The summed E-state index contributed by atoms with van der Waals surface area (Å²) in [4.78, 5) is 2.12.